The Morgan fingerprint density at radius 1 is 0.964 bits per heavy atom. The number of H-pyrrole nitrogens is 1. The number of hydrogen-bond donors (Lipinski definition) is 5. The fraction of sp³-hybridized carbons (Fsp3) is 0.442. The summed E-state index contributed by atoms with van der Waals surface area (Å²) in [6, 6.07) is 17.8. The van der Waals surface area contributed by atoms with Crippen LogP contribution in [0.4, 0.5) is 10.5 Å². The number of benzene rings is 3. The van der Waals surface area contributed by atoms with Crippen molar-refractivity contribution < 1.29 is 28.7 Å². The number of fused-ring (bicyclic) bond motifs is 2. The molecular formula is C43H51N7O6. The molecule has 0 radical (unpaired) electrons. The van der Waals surface area contributed by atoms with E-state index in [-0.39, 0.29) is 53.8 Å². The second kappa shape index (κ2) is 16.2. The van der Waals surface area contributed by atoms with Crippen LogP contribution in [0.2, 0.25) is 0 Å². The lowest BCUT2D eigenvalue weighted by Gasteiger charge is -2.29. The van der Waals surface area contributed by atoms with Crippen LogP contribution in [0.15, 0.2) is 66.9 Å². The normalized spacial score (nSPS) is 21.2. The van der Waals surface area contributed by atoms with Crippen molar-refractivity contribution in [2.24, 2.45) is 17.8 Å². The van der Waals surface area contributed by atoms with Crippen molar-refractivity contribution in [1.29, 1.82) is 0 Å². The highest BCUT2D eigenvalue weighted by molar-refractivity contribution is 6.00. The number of rotatable bonds is 10. The van der Waals surface area contributed by atoms with Crippen LogP contribution in [0, 0.1) is 24.7 Å². The van der Waals surface area contributed by atoms with E-state index in [0.717, 1.165) is 52.4 Å². The van der Waals surface area contributed by atoms with Crippen LogP contribution in [-0.2, 0) is 25.5 Å². The van der Waals surface area contributed by atoms with E-state index in [1.807, 2.05) is 88.4 Å². The largest absolute Gasteiger partial charge is 0.444 e. The molecule has 294 valence electrons. The molecule has 0 bridgehead atoms. The fourth-order valence-electron chi connectivity index (χ4n) is 8.25. The van der Waals surface area contributed by atoms with Crippen molar-refractivity contribution in [3.05, 3.63) is 83.6 Å². The van der Waals surface area contributed by atoms with Gasteiger partial charge in [0.1, 0.15) is 17.7 Å². The molecule has 1 saturated carbocycles. The molecule has 0 spiro atoms. The number of nitrogens with one attached hydrogen (secondary N) is 5. The van der Waals surface area contributed by atoms with Gasteiger partial charge in [-0.15, -0.1) is 0 Å². The lowest BCUT2D eigenvalue weighted by molar-refractivity contribution is -0.130. The predicted octanol–water partition coefficient (Wildman–Crippen LogP) is 5.50. The first-order valence-electron chi connectivity index (χ1n) is 19.6. The second-order valence-electron chi connectivity index (χ2n) is 16.5. The second-order valence-corrected chi connectivity index (χ2v) is 16.5. The molecule has 2 aliphatic heterocycles. The zero-order valence-corrected chi connectivity index (χ0v) is 32.4. The Morgan fingerprint density at radius 3 is 2.46 bits per heavy atom. The van der Waals surface area contributed by atoms with E-state index >= 15 is 0 Å². The van der Waals surface area contributed by atoms with E-state index in [1.54, 1.807) is 11.1 Å². The minimum atomic E-state index is -0.837. The summed E-state index contributed by atoms with van der Waals surface area (Å²) in [5, 5.41) is 19.7. The summed E-state index contributed by atoms with van der Waals surface area (Å²) in [6.07, 6.45) is 5.24. The maximum atomic E-state index is 13.8. The molecule has 5 amide bonds. The van der Waals surface area contributed by atoms with Gasteiger partial charge in [0.25, 0.3) is 5.91 Å². The first-order chi connectivity index (χ1) is 26.8. The zero-order chi connectivity index (χ0) is 39.6. The number of carbonyl (C=O) groups is 5. The Balaban J connectivity index is 1.01. The van der Waals surface area contributed by atoms with E-state index in [1.165, 1.54) is 0 Å². The number of likely N-dealkylation sites (tertiary alicyclic amines) is 1. The molecule has 13 heteroatoms. The third-order valence-electron chi connectivity index (χ3n) is 11.3. The highest BCUT2D eigenvalue weighted by Crippen LogP contribution is 2.32. The molecule has 1 aromatic heterocycles. The molecule has 3 aromatic carbocycles. The SMILES string of the molecule is Cc1cc(C(=O)N2CCC3CNC(=O)C32)ccc1-c1ccc(C[C@H](NC(=O)[C@H]2CC[C@H](CNC(=O)OC(C)(C)C)CC2)C(=O)Nc2ccc3cn[nH]c3c2)cc1. The molecular weight excluding hydrogens is 711 g/mol. The summed E-state index contributed by atoms with van der Waals surface area (Å²) in [6.45, 7) is 9.15. The van der Waals surface area contributed by atoms with Gasteiger partial charge >= 0.3 is 6.09 Å². The Hall–Kier alpha value is -5.72. The van der Waals surface area contributed by atoms with E-state index in [4.69, 9.17) is 4.74 Å². The molecule has 56 heavy (non-hydrogen) atoms. The van der Waals surface area contributed by atoms with Gasteiger partial charge in [-0.1, -0.05) is 30.3 Å². The topological polar surface area (TPSA) is 175 Å². The zero-order valence-electron chi connectivity index (χ0n) is 32.4. The quantitative estimate of drug-likeness (QED) is 0.142. The van der Waals surface area contributed by atoms with Crippen molar-refractivity contribution in [2.45, 2.75) is 83.9 Å². The Kier molecular flexibility index (Phi) is 11.1. The third kappa shape index (κ3) is 8.87. The summed E-state index contributed by atoms with van der Waals surface area (Å²) in [5.41, 5.74) is 5.11. The summed E-state index contributed by atoms with van der Waals surface area (Å²) in [4.78, 5) is 67.2. The van der Waals surface area contributed by atoms with Crippen molar-refractivity contribution in [1.82, 2.24) is 31.0 Å². The Labute approximate surface area is 326 Å². The van der Waals surface area contributed by atoms with Crippen LogP contribution in [0.1, 0.15) is 74.4 Å². The molecule has 1 aliphatic carbocycles. The van der Waals surface area contributed by atoms with Crippen molar-refractivity contribution >= 4 is 46.3 Å². The van der Waals surface area contributed by atoms with E-state index < -0.39 is 17.7 Å². The van der Waals surface area contributed by atoms with Gasteiger partial charge in [-0.25, -0.2) is 4.79 Å². The highest BCUT2D eigenvalue weighted by Gasteiger charge is 2.45. The van der Waals surface area contributed by atoms with Crippen LogP contribution in [0.25, 0.3) is 22.0 Å². The smallest absolute Gasteiger partial charge is 0.407 e. The van der Waals surface area contributed by atoms with Crippen LogP contribution in [-0.4, -0.2) is 82.1 Å². The molecule has 13 nitrogen and oxygen atoms in total. The molecule has 4 aromatic rings. The first-order valence-corrected chi connectivity index (χ1v) is 19.6. The minimum Gasteiger partial charge on any atom is -0.444 e. The average molecular weight is 762 g/mol. The third-order valence-corrected chi connectivity index (χ3v) is 11.3. The number of aryl methyl sites for hydroxylation is 1. The van der Waals surface area contributed by atoms with Crippen LogP contribution in [0.3, 0.4) is 0 Å². The highest BCUT2D eigenvalue weighted by atomic mass is 16.6. The Morgan fingerprint density at radius 2 is 1.73 bits per heavy atom. The van der Waals surface area contributed by atoms with Gasteiger partial charge in [0.15, 0.2) is 0 Å². The van der Waals surface area contributed by atoms with Gasteiger partial charge in [-0.3, -0.25) is 24.3 Å². The number of anilines is 1. The molecule has 7 rings (SSSR count). The molecule has 3 fully saturated rings. The van der Waals surface area contributed by atoms with E-state index in [0.29, 0.717) is 43.7 Å². The molecule has 5 N–H and O–H groups in total. The van der Waals surface area contributed by atoms with Crippen molar-refractivity contribution in [2.75, 3.05) is 25.0 Å². The molecule has 2 unspecified atom stereocenters. The van der Waals surface area contributed by atoms with E-state index in [2.05, 4.69) is 31.5 Å². The number of alkyl carbamates (subject to hydrolysis) is 1. The number of carbonyl (C=O) groups excluding carboxylic acids is 5. The lowest BCUT2D eigenvalue weighted by atomic mass is 9.81. The summed E-state index contributed by atoms with van der Waals surface area (Å²) in [7, 11) is 0. The maximum Gasteiger partial charge on any atom is 0.407 e. The number of aromatic amines is 1. The van der Waals surface area contributed by atoms with Gasteiger partial charge in [-0.05, 0) is 118 Å². The van der Waals surface area contributed by atoms with Gasteiger partial charge in [0.05, 0.1) is 11.7 Å². The maximum absolute atomic E-state index is 13.8. The minimum absolute atomic E-state index is 0.0714. The monoisotopic (exact) mass is 761 g/mol. The van der Waals surface area contributed by atoms with Gasteiger partial charge in [0.2, 0.25) is 17.7 Å². The number of aromatic nitrogens is 2. The van der Waals surface area contributed by atoms with Gasteiger partial charge < -0.3 is 30.9 Å². The molecule has 3 aliphatic rings. The average Bonchev–Trinajstić information content (AvgIpc) is 3.91. The Bertz CT molecular complexity index is 2110. The summed E-state index contributed by atoms with van der Waals surface area (Å²) in [5.74, 6) is -0.505. The van der Waals surface area contributed by atoms with Crippen molar-refractivity contribution in [3.8, 4) is 11.1 Å². The lowest BCUT2D eigenvalue weighted by Crippen LogP contribution is -2.48. The fourth-order valence-corrected chi connectivity index (χ4v) is 8.25. The number of nitrogens with zero attached hydrogens (tertiary/aromatic N) is 2. The van der Waals surface area contributed by atoms with Crippen molar-refractivity contribution in [3.63, 3.8) is 0 Å². The van der Waals surface area contributed by atoms with Crippen LogP contribution >= 0.6 is 0 Å². The standard InChI is InChI=1S/C43H51N7O6/c1-25-19-30(41(54)50-18-17-32-23-44-40(53)37(32)50)14-16-34(25)28-9-5-26(6-10-28)20-36(39(52)47-33-15-13-31-24-46-49-35(31)21-33)48-38(51)29-11-7-27(8-12-29)22-45-42(55)56-43(2,3)4/h5-6,9-10,13-16,19,21,24,27,29,32,36-37H,7-8,11-12,17-18,20,22-23H2,1-4H3,(H,44,53)(H,45,55)(H,46,49)(H,47,52)(H,48,51)/t27-,29-,32?,36-,37?/m0/s1. The summed E-state index contributed by atoms with van der Waals surface area (Å²) < 4.78 is 5.36. The number of ether oxygens (including phenoxy) is 1. The number of amides is 5. The molecule has 3 atom stereocenters. The van der Waals surface area contributed by atoms with Gasteiger partial charge in [-0.2, -0.15) is 5.10 Å². The van der Waals surface area contributed by atoms with E-state index in [9.17, 15) is 24.0 Å². The van der Waals surface area contributed by atoms with Crippen LogP contribution < -0.4 is 21.3 Å². The van der Waals surface area contributed by atoms with Gasteiger partial charge in [0, 0.05) is 54.5 Å². The summed E-state index contributed by atoms with van der Waals surface area (Å²) >= 11 is 0. The molecule has 3 heterocycles. The molecule has 2 saturated heterocycles. The first kappa shape index (κ1) is 38.6. The van der Waals surface area contributed by atoms with Crippen LogP contribution in [0.5, 0.6) is 0 Å². The predicted molar refractivity (Wildman–Crippen MR) is 213 cm³/mol. The number of hydrogen-bond acceptors (Lipinski definition) is 7.